The van der Waals surface area contributed by atoms with E-state index in [1.807, 2.05) is 58.0 Å². The summed E-state index contributed by atoms with van der Waals surface area (Å²) in [5, 5.41) is 24.9. The van der Waals surface area contributed by atoms with Gasteiger partial charge in [0.25, 0.3) is 0 Å². The van der Waals surface area contributed by atoms with Crippen molar-refractivity contribution in [1.29, 1.82) is 0 Å². The summed E-state index contributed by atoms with van der Waals surface area (Å²) < 4.78 is 33.4. The Morgan fingerprint density at radius 2 is 1.38 bits per heavy atom. The number of carbonyl (C=O) groups excluding carboxylic acids is 2. The highest BCUT2D eigenvalue weighted by Gasteiger charge is 2.76. The van der Waals surface area contributed by atoms with Crippen LogP contribution in [-0.2, 0) is 38.7 Å². The van der Waals surface area contributed by atoms with Gasteiger partial charge in [-0.15, -0.1) is 0 Å². The molecule has 264 valence electrons. The second-order valence-corrected chi connectivity index (χ2v) is 23.4. The van der Waals surface area contributed by atoms with E-state index in [2.05, 4.69) is 33.2 Å². The minimum atomic E-state index is -3.34. The summed E-state index contributed by atoms with van der Waals surface area (Å²) in [6.07, 6.45) is -5.75. The maximum absolute atomic E-state index is 13.3. The number of nitrogens with one attached hydrogen (secondary N) is 1. The molecule has 1 saturated carbocycles. The number of ether oxygens (including phenoxy) is 2. The third kappa shape index (κ3) is 6.33. The van der Waals surface area contributed by atoms with E-state index >= 15 is 0 Å². The van der Waals surface area contributed by atoms with Gasteiger partial charge in [-0.1, -0.05) is 104 Å². The van der Waals surface area contributed by atoms with E-state index in [0.717, 1.165) is 5.56 Å². The number of hydroxylamine groups is 1. The van der Waals surface area contributed by atoms with Crippen molar-refractivity contribution in [3.05, 3.63) is 71.8 Å². The van der Waals surface area contributed by atoms with Crippen molar-refractivity contribution in [2.24, 2.45) is 0 Å². The highest BCUT2D eigenvalue weighted by atomic mass is 28.5. The Bertz CT molecular complexity index is 1410. The molecule has 0 radical (unpaired) electrons. The molecule has 2 aliphatic heterocycles. The second kappa shape index (κ2) is 14.0. The van der Waals surface area contributed by atoms with Crippen LogP contribution in [0.3, 0.4) is 0 Å². The number of hydrogen-bond acceptors (Lipinski definition) is 11. The average Bonchev–Trinajstić information content (AvgIpc) is 3.27. The van der Waals surface area contributed by atoms with Crippen LogP contribution in [0.5, 0.6) is 0 Å². The number of benzene rings is 2. The van der Waals surface area contributed by atoms with Gasteiger partial charge in [0.05, 0.1) is 18.6 Å². The molecule has 6 atom stereocenters. The standard InChI is InChI=1S/C35H51NO10Si2/c1-22(2)47(23(3)4)44-31-32(45-48(46-47,24(5)6)25(7)8)35(40,21-41-33(39)27-17-13-10-14-18-27)29(38)30-34(31,19-28(37)43-30)36-42-20-26-15-11-9-12-16-26/h9-18,22-25,29-32,36,38,40H,19-21H2,1-8H3/t29-,30+,31-,32+,34-,35+/m1/s1. The fraction of sp³-hybridized carbons (Fsp3) is 0.600. The summed E-state index contributed by atoms with van der Waals surface area (Å²) in [5.74, 6) is -1.29. The number of hydrogen-bond donors (Lipinski definition) is 3. The van der Waals surface area contributed by atoms with Crippen LogP contribution in [-0.4, -0.2) is 81.4 Å². The Hall–Kier alpha value is -2.47. The molecule has 2 aromatic rings. The third-order valence-corrected chi connectivity index (χ3v) is 20.5. The number of fused-ring (bicyclic) bond motifs is 3. The fourth-order valence-corrected chi connectivity index (χ4v) is 18.9. The lowest BCUT2D eigenvalue weighted by molar-refractivity contribution is -0.271. The maximum atomic E-state index is 13.3. The maximum Gasteiger partial charge on any atom is 0.338 e. The molecule has 11 nitrogen and oxygen atoms in total. The fourth-order valence-electron chi connectivity index (χ4n) is 7.56. The van der Waals surface area contributed by atoms with Crippen LogP contribution in [0.25, 0.3) is 0 Å². The van der Waals surface area contributed by atoms with E-state index in [-0.39, 0.29) is 40.8 Å². The van der Waals surface area contributed by atoms with Gasteiger partial charge in [-0.25, -0.2) is 4.79 Å². The molecule has 3 N–H and O–H groups in total. The first kappa shape index (κ1) is 36.8. The summed E-state index contributed by atoms with van der Waals surface area (Å²) in [4.78, 5) is 32.6. The number of aliphatic hydroxyl groups excluding tert-OH is 1. The Morgan fingerprint density at radius 1 is 0.854 bits per heavy atom. The highest BCUT2D eigenvalue weighted by molar-refractivity contribution is 6.84. The Kier molecular flexibility index (Phi) is 10.8. The zero-order chi connectivity index (χ0) is 35.1. The summed E-state index contributed by atoms with van der Waals surface area (Å²) in [6.45, 7) is 15.9. The number of rotatable bonds is 11. The number of aliphatic hydroxyl groups is 2. The molecule has 0 spiro atoms. The molecule has 1 aliphatic carbocycles. The van der Waals surface area contributed by atoms with Crippen molar-refractivity contribution >= 4 is 29.1 Å². The molecule has 3 fully saturated rings. The van der Waals surface area contributed by atoms with Gasteiger partial charge in [-0.2, -0.15) is 5.48 Å². The Labute approximate surface area is 285 Å². The van der Waals surface area contributed by atoms with Crippen LogP contribution in [0.1, 0.15) is 77.7 Å². The van der Waals surface area contributed by atoms with E-state index < -0.39 is 71.2 Å². The van der Waals surface area contributed by atoms with Crippen molar-refractivity contribution in [2.45, 2.75) is 126 Å². The molecule has 0 bridgehead atoms. The molecular weight excluding hydrogens is 651 g/mol. The van der Waals surface area contributed by atoms with Crippen LogP contribution >= 0.6 is 0 Å². The van der Waals surface area contributed by atoms with E-state index in [1.165, 1.54) is 0 Å². The first-order valence-electron chi connectivity index (χ1n) is 16.9. The van der Waals surface area contributed by atoms with Gasteiger partial charge in [0.2, 0.25) is 0 Å². The van der Waals surface area contributed by atoms with Crippen LogP contribution in [0.15, 0.2) is 60.7 Å². The lowest BCUT2D eigenvalue weighted by atomic mass is 9.66. The molecule has 2 aromatic carbocycles. The van der Waals surface area contributed by atoms with Gasteiger partial charge >= 0.3 is 29.1 Å². The molecule has 5 rings (SSSR count). The van der Waals surface area contributed by atoms with E-state index in [1.54, 1.807) is 30.3 Å². The van der Waals surface area contributed by atoms with Gasteiger partial charge in [0, 0.05) is 0 Å². The number of esters is 2. The summed E-state index contributed by atoms with van der Waals surface area (Å²) in [7, 11) is -6.64. The minimum Gasteiger partial charge on any atom is -0.459 e. The lowest BCUT2D eigenvalue weighted by Gasteiger charge is -2.56. The first-order chi connectivity index (χ1) is 22.6. The van der Waals surface area contributed by atoms with Crippen LogP contribution < -0.4 is 5.48 Å². The van der Waals surface area contributed by atoms with Gasteiger partial charge in [0.15, 0.2) is 11.7 Å². The van der Waals surface area contributed by atoms with Gasteiger partial charge in [0.1, 0.15) is 30.5 Å². The summed E-state index contributed by atoms with van der Waals surface area (Å²) in [5.41, 5.74) is 0.170. The van der Waals surface area contributed by atoms with Crippen molar-refractivity contribution in [1.82, 2.24) is 5.48 Å². The van der Waals surface area contributed by atoms with Crippen LogP contribution in [0, 0.1) is 0 Å². The van der Waals surface area contributed by atoms with Crippen molar-refractivity contribution in [3.8, 4) is 0 Å². The molecule has 0 unspecified atom stereocenters. The zero-order valence-corrected chi connectivity index (χ0v) is 31.2. The van der Waals surface area contributed by atoms with Gasteiger partial charge < -0.3 is 32.7 Å². The van der Waals surface area contributed by atoms with E-state index in [0.29, 0.717) is 0 Å². The quantitative estimate of drug-likeness (QED) is 0.165. The summed E-state index contributed by atoms with van der Waals surface area (Å²) in [6, 6.07) is 17.9. The van der Waals surface area contributed by atoms with Crippen molar-refractivity contribution in [3.63, 3.8) is 0 Å². The summed E-state index contributed by atoms with van der Waals surface area (Å²) >= 11 is 0. The second-order valence-electron chi connectivity index (χ2n) is 14.6. The van der Waals surface area contributed by atoms with Crippen LogP contribution in [0.4, 0.5) is 0 Å². The predicted molar refractivity (Wildman–Crippen MR) is 182 cm³/mol. The molecule has 0 amide bonds. The molecule has 3 aliphatic rings. The molecule has 2 saturated heterocycles. The predicted octanol–water partition coefficient (Wildman–Crippen LogP) is 5.05. The smallest absolute Gasteiger partial charge is 0.338 e. The zero-order valence-electron chi connectivity index (χ0n) is 29.2. The SMILES string of the molecule is CC(C)[Si]1(C(C)C)O[C@@H]2[C@H](O[Si](C(C)C)(C(C)C)O1)[C@](O)(COC(=O)c1ccccc1)[C@H](O)[C@@H]1OC(=O)C[C@]21NOCc1ccccc1. The largest absolute Gasteiger partial charge is 0.459 e. The first-order valence-corrected chi connectivity index (χ1v) is 20.9. The topological polar surface area (TPSA) is 142 Å². The Morgan fingerprint density at radius 3 is 1.92 bits per heavy atom. The molecule has 0 aromatic heterocycles. The molecular formula is C35H51NO10Si2. The third-order valence-electron chi connectivity index (χ3n) is 10.2. The van der Waals surface area contributed by atoms with Gasteiger partial charge in [-0.05, 0) is 39.9 Å². The van der Waals surface area contributed by atoms with Gasteiger partial charge in [-0.3, -0.25) is 9.63 Å². The lowest BCUT2D eigenvalue weighted by Crippen LogP contribution is -2.81. The minimum absolute atomic E-state index is 0.0705. The highest BCUT2D eigenvalue weighted by Crippen LogP contribution is 2.55. The molecule has 48 heavy (non-hydrogen) atoms. The van der Waals surface area contributed by atoms with Crippen molar-refractivity contribution in [2.75, 3.05) is 6.61 Å². The Balaban J connectivity index is 1.66. The van der Waals surface area contributed by atoms with E-state index in [4.69, 9.17) is 27.3 Å². The van der Waals surface area contributed by atoms with Crippen molar-refractivity contribution < 1.29 is 47.1 Å². The van der Waals surface area contributed by atoms with E-state index in [9.17, 15) is 19.8 Å². The molecule has 2 heterocycles. The monoisotopic (exact) mass is 701 g/mol. The van der Waals surface area contributed by atoms with Crippen LogP contribution in [0.2, 0.25) is 22.2 Å². The normalized spacial score (nSPS) is 31.0. The molecule has 13 heteroatoms. The number of carbonyl (C=O) groups is 2. The average molecular weight is 702 g/mol.